The number of hydrogen-bond acceptors (Lipinski definition) is 4. The SMILES string of the molecule is CS(=O)(=O)c1ccc2cc(C(=O)C3CCCN(C4CCC4)C3)ccc2c1. The number of sulfone groups is 1. The van der Waals surface area contributed by atoms with Crippen molar-refractivity contribution in [2.45, 2.75) is 43.0 Å². The van der Waals surface area contributed by atoms with Crippen molar-refractivity contribution in [1.82, 2.24) is 4.90 Å². The van der Waals surface area contributed by atoms with Gasteiger partial charge in [0.2, 0.25) is 0 Å². The fraction of sp³-hybridized carbons (Fsp3) is 0.476. The van der Waals surface area contributed by atoms with Gasteiger partial charge in [0.05, 0.1) is 4.90 Å². The van der Waals surface area contributed by atoms with Gasteiger partial charge < -0.3 is 0 Å². The first-order valence-corrected chi connectivity index (χ1v) is 11.3. The first-order chi connectivity index (χ1) is 12.4. The smallest absolute Gasteiger partial charge is 0.175 e. The topological polar surface area (TPSA) is 54.5 Å². The molecule has 1 aliphatic carbocycles. The summed E-state index contributed by atoms with van der Waals surface area (Å²) in [6.07, 6.45) is 7.15. The van der Waals surface area contributed by atoms with Gasteiger partial charge in [0.25, 0.3) is 0 Å². The number of fused-ring (bicyclic) bond motifs is 1. The van der Waals surface area contributed by atoms with E-state index in [0.29, 0.717) is 10.9 Å². The van der Waals surface area contributed by atoms with E-state index in [9.17, 15) is 13.2 Å². The molecule has 0 bridgehead atoms. The van der Waals surface area contributed by atoms with Crippen LogP contribution >= 0.6 is 0 Å². The number of rotatable bonds is 4. The molecule has 1 saturated heterocycles. The summed E-state index contributed by atoms with van der Waals surface area (Å²) in [7, 11) is -3.22. The number of hydrogen-bond donors (Lipinski definition) is 0. The Kier molecular flexibility index (Phi) is 4.61. The molecule has 2 fully saturated rings. The third-order valence-corrected chi connectivity index (χ3v) is 7.05. The van der Waals surface area contributed by atoms with Gasteiger partial charge in [-0.05, 0) is 61.2 Å². The van der Waals surface area contributed by atoms with Gasteiger partial charge in [0.1, 0.15) is 0 Å². The van der Waals surface area contributed by atoms with Gasteiger partial charge in [-0.2, -0.15) is 0 Å². The molecule has 1 heterocycles. The molecule has 1 aliphatic heterocycles. The molecule has 2 aromatic rings. The molecular formula is C21H25NO3S. The summed E-state index contributed by atoms with van der Waals surface area (Å²) < 4.78 is 23.4. The first kappa shape index (κ1) is 17.7. The molecule has 26 heavy (non-hydrogen) atoms. The van der Waals surface area contributed by atoms with E-state index >= 15 is 0 Å². The molecule has 0 amide bonds. The number of piperidine rings is 1. The Morgan fingerprint density at radius 3 is 2.42 bits per heavy atom. The minimum atomic E-state index is -3.22. The molecule has 1 atom stereocenters. The number of Topliss-reactive ketones (excluding diaryl/α,β-unsaturated/α-hetero) is 1. The van der Waals surface area contributed by atoms with E-state index in [0.717, 1.165) is 42.3 Å². The summed E-state index contributed by atoms with van der Waals surface area (Å²) in [5.74, 6) is 0.306. The Morgan fingerprint density at radius 1 is 1.00 bits per heavy atom. The minimum absolute atomic E-state index is 0.0806. The van der Waals surface area contributed by atoms with Crippen LogP contribution in [0.15, 0.2) is 41.3 Å². The molecule has 138 valence electrons. The third-order valence-electron chi connectivity index (χ3n) is 5.94. The highest BCUT2D eigenvalue weighted by atomic mass is 32.2. The van der Waals surface area contributed by atoms with E-state index in [1.54, 1.807) is 18.2 Å². The monoisotopic (exact) mass is 371 g/mol. The third kappa shape index (κ3) is 3.42. The predicted molar refractivity (Wildman–Crippen MR) is 103 cm³/mol. The van der Waals surface area contributed by atoms with Crippen molar-refractivity contribution in [2.75, 3.05) is 19.3 Å². The van der Waals surface area contributed by atoms with E-state index in [2.05, 4.69) is 4.90 Å². The fourth-order valence-corrected chi connectivity index (χ4v) is 4.80. The van der Waals surface area contributed by atoms with E-state index in [-0.39, 0.29) is 11.7 Å². The lowest BCUT2D eigenvalue weighted by atomic mass is 9.85. The zero-order valence-corrected chi connectivity index (χ0v) is 16.0. The number of ketones is 1. The zero-order valence-electron chi connectivity index (χ0n) is 15.1. The Bertz CT molecular complexity index is 947. The first-order valence-electron chi connectivity index (χ1n) is 9.44. The molecule has 4 nitrogen and oxygen atoms in total. The second-order valence-corrected chi connectivity index (χ2v) is 9.79. The van der Waals surface area contributed by atoms with Crippen molar-refractivity contribution < 1.29 is 13.2 Å². The maximum absolute atomic E-state index is 13.0. The molecule has 2 aliphatic rings. The van der Waals surface area contributed by atoms with Crippen LogP contribution in [-0.2, 0) is 9.84 Å². The van der Waals surface area contributed by atoms with Crippen LogP contribution < -0.4 is 0 Å². The Hall–Kier alpha value is -1.72. The average molecular weight is 372 g/mol. The standard InChI is InChI=1S/C21H25NO3S/c1-26(24,25)20-10-9-15-12-17(8-7-16(15)13-20)21(23)18-4-3-11-22(14-18)19-5-2-6-19/h7-10,12-13,18-19H,2-6,11,14H2,1H3. The second-order valence-electron chi connectivity index (χ2n) is 7.78. The van der Waals surface area contributed by atoms with Crippen molar-refractivity contribution in [2.24, 2.45) is 5.92 Å². The normalized spacial score (nSPS) is 22.3. The second kappa shape index (κ2) is 6.78. The molecule has 1 saturated carbocycles. The van der Waals surface area contributed by atoms with Crippen LogP contribution in [0, 0.1) is 5.92 Å². The summed E-state index contributed by atoms with van der Waals surface area (Å²) in [5, 5.41) is 1.76. The lowest BCUT2D eigenvalue weighted by molar-refractivity contribution is 0.0612. The summed E-state index contributed by atoms with van der Waals surface area (Å²) in [4.78, 5) is 15.8. The van der Waals surface area contributed by atoms with Crippen LogP contribution in [0.5, 0.6) is 0 Å². The van der Waals surface area contributed by atoms with E-state index < -0.39 is 9.84 Å². The number of nitrogens with zero attached hydrogens (tertiary/aromatic N) is 1. The Morgan fingerprint density at radius 2 is 1.73 bits per heavy atom. The highest BCUT2D eigenvalue weighted by molar-refractivity contribution is 7.90. The van der Waals surface area contributed by atoms with E-state index in [1.807, 2.05) is 18.2 Å². The van der Waals surface area contributed by atoms with Gasteiger partial charge in [-0.15, -0.1) is 0 Å². The zero-order chi connectivity index (χ0) is 18.3. The van der Waals surface area contributed by atoms with Crippen LogP contribution in [0.4, 0.5) is 0 Å². The maximum atomic E-state index is 13.0. The Balaban J connectivity index is 1.56. The lowest BCUT2D eigenvalue weighted by Gasteiger charge is -2.42. The molecule has 4 rings (SSSR count). The van der Waals surface area contributed by atoms with Crippen LogP contribution in [0.25, 0.3) is 10.8 Å². The van der Waals surface area contributed by atoms with Crippen LogP contribution in [0.2, 0.25) is 0 Å². The van der Waals surface area contributed by atoms with Gasteiger partial charge in [-0.1, -0.05) is 24.6 Å². The van der Waals surface area contributed by atoms with Gasteiger partial charge in [0, 0.05) is 30.3 Å². The van der Waals surface area contributed by atoms with Crippen molar-refractivity contribution >= 4 is 26.4 Å². The fourth-order valence-electron chi connectivity index (χ4n) is 4.15. The number of likely N-dealkylation sites (tertiary alicyclic amines) is 1. The molecule has 0 N–H and O–H groups in total. The highest BCUT2D eigenvalue weighted by Crippen LogP contribution is 2.31. The molecule has 0 spiro atoms. The van der Waals surface area contributed by atoms with Crippen molar-refractivity contribution in [1.29, 1.82) is 0 Å². The van der Waals surface area contributed by atoms with Gasteiger partial charge in [-0.25, -0.2) is 8.42 Å². The summed E-state index contributed by atoms with van der Waals surface area (Å²) in [6.45, 7) is 2.01. The summed E-state index contributed by atoms with van der Waals surface area (Å²) in [5.41, 5.74) is 0.741. The van der Waals surface area contributed by atoms with E-state index in [1.165, 1.54) is 25.5 Å². The molecule has 0 radical (unpaired) electrons. The summed E-state index contributed by atoms with van der Waals surface area (Å²) in [6, 6.07) is 11.4. The predicted octanol–water partition coefficient (Wildman–Crippen LogP) is 3.69. The van der Waals surface area contributed by atoms with E-state index in [4.69, 9.17) is 0 Å². The Labute approximate surface area is 155 Å². The number of benzene rings is 2. The van der Waals surface area contributed by atoms with Crippen LogP contribution in [0.3, 0.4) is 0 Å². The molecule has 0 aromatic heterocycles. The molecule has 2 aromatic carbocycles. The van der Waals surface area contributed by atoms with Crippen molar-refractivity contribution in [3.8, 4) is 0 Å². The lowest BCUT2D eigenvalue weighted by Crippen LogP contribution is -2.47. The number of carbonyl (C=O) groups excluding carboxylic acids is 1. The summed E-state index contributed by atoms with van der Waals surface area (Å²) >= 11 is 0. The van der Waals surface area contributed by atoms with Gasteiger partial charge in [0.15, 0.2) is 15.6 Å². The molecular weight excluding hydrogens is 346 g/mol. The largest absolute Gasteiger partial charge is 0.300 e. The van der Waals surface area contributed by atoms with Crippen molar-refractivity contribution in [3.05, 3.63) is 42.0 Å². The average Bonchev–Trinajstić information content (AvgIpc) is 2.58. The molecule has 1 unspecified atom stereocenters. The van der Waals surface area contributed by atoms with Gasteiger partial charge in [-0.3, -0.25) is 9.69 Å². The number of carbonyl (C=O) groups is 1. The minimum Gasteiger partial charge on any atom is -0.300 e. The van der Waals surface area contributed by atoms with Gasteiger partial charge >= 0.3 is 0 Å². The van der Waals surface area contributed by atoms with Crippen LogP contribution in [0.1, 0.15) is 42.5 Å². The quantitative estimate of drug-likeness (QED) is 0.769. The highest BCUT2D eigenvalue weighted by Gasteiger charge is 2.32. The van der Waals surface area contributed by atoms with Crippen molar-refractivity contribution in [3.63, 3.8) is 0 Å². The van der Waals surface area contributed by atoms with Crippen LogP contribution in [-0.4, -0.2) is 44.5 Å². The molecule has 5 heteroatoms. The maximum Gasteiger partial charge on any atom is 0.175 e.